The maximum absolute atomic E-state index is 12.3. The van der Waals surface area contributed by atoms with Gasteiger partial charge in [0.1, 0.15) is 12.2 Å². The van der Waals surface area contributed by atoms with Gasteiger partial charge in [-0.3, -0.25) is 0 Å². The molecular weight excluding hydrogens is 257 g/mol. The molecule has 1 aliphatic rings. The van der Waals surface area contributed by atoms with Crippen molar-refractivity contribution in [2.24, 2.45) is 0 Å². The smallest absolute Gasteiger partial charge is 0.300 e. The summed E-state index contributed by atoms with van der Waals surface area (Å²) in [5.41, 5.74) is 0.541. The number of para-hydroxylation sites is 2. The first-order chi connectivity index (χ1) is 7.88. The van der Waals surface area contributed by atoms with E-state index in [0.29, 0.717) is 0 Å². The van der Waals surface area contributed by atoms with E-state index in [1.165, 1.54) is 12.1 Å². The Labute approximate surface area is 96.6 Å². The number of hydrogen-bond donors (Lipinski definition) is 0. The number of halogens is 3. The number of alkyl halides is 3. The van der Waals surface area contributed by atoms with E-state index in [-0.39, 0.29) is 18.0 Å². The summed E-state index contributed by atoms with van der Waals surface area (Å²) < 4.78 is 59.6. The molecule has 0 N–H and O–H groups in total. The fourth-order valence-corrected chi connectivity index (χ4v) is 2.28. The van der Waals surface area contributed by atoms with Crippen LogP contribution in [-0.2, 0) is 10.5 Å². The van der Waals surface area contributed by atoms with E-state index < -0.39 is 23.2 Å². The summed E-state index contributed by atoms with van der Waals surface area (Å²) in [5.74, 6) is 0. The molecule has 0 bridgehead atoms. The van der Waals surface area contributed by atoms with E-state index in [1.807, 2.05) is 0 Å². The molecule has 2 rings (SSSR count). The van der Waals surface area contributed by atoms with Crippen LogP contribution in [0.25, 0.3) is 0 Å². The molecule has 1 aromatic rings. The van der Waals surface area contributed by atoms with Crippen molar-refractivity contribution in [3.8, 4) is 0 Å². The van der Waals surface area contributed by atoms with Gasteiger partial charge in [0.15, 0.2) is 0 Å². The van der Waals surface area contributed by atoms with Gasteiger partial charge in [0, 0.05) is 6.07 Å². The predicted molar refractivity (Wildman–Crippen MR) is 53.6 cm³/mol. The van der Waals surface area contributed by atoms with E-state index in [0.717, 1.165) is 8.85 Å². The molecule has 0 unspecified atom stereocenters. The molecule has 0 aliphatic carbocycles. The molecule has 4 nitrogen and oxygen atoms in total. The average molecular weight is 265 g/mol. The summed E-state index contributed by atoms with van der Waals surface area (Å²) in [6.07, 6.45) is -4.37. The van der Waals surface area contributed by atoms with Crippen LogP contribution < -0.4 is 4.90 Å². The lowest BCUT2D eigenvalue weighted by Crippen LogP contribution is -2.34. The zero-order valence-corrected chi connectivity index (χ0v) is 9.29. The van der Waals surface area contributed by atoms with Crippen LogP contribution in [-0.4, -0.2) is 31.8 Å². The molecule has 17 heavy (non-hydrogen) atoms. The molecule has 1 aliphatic heterocycles. The van der Waals surface area contributed by atoms with Crippen molar-refractivity contribution in [3.63, 3.8) is 0 Å². The van der Waals surface area contributed by atoms with E-state index in [4.69, 9.17) is 0 Å². The minimum atomic E-state index is -4.37. The molecule has 1 heterocycles. The Hall–Kier alpha value is -1.57. The molecule has 0 fully saturated rings. The number of anilines is 1. The normalized spacial score (nSPS) is 15.0. The van der Waals surface area contributed by atoms with Gasteiger partial charge in [0.25, 0.3) is 0 Å². The molecule has 0 saturated carbocycles. The van der Waals surface area contributed by atoms with Crippen molar-refractivity contribution in [1.29, 1.82) is 0 Å². The third-order valence-corrected chi connectivity index (χ3v) is 3.01. The minimum absolute atomic E-state index is 0.269. The van der Waals surface area contributed by atoms with Crippen molar-refractivity contribution in [2.75, 3.05) is 18.1 Å². The van der Waals surface area contributed by atoms with Crippen LogP contribution in [0.1, 0.15) is 0 Å². The number of rotatable bonds is 1. The van der Waals surface area contributed by atoms with Crippen LogP contribution in [0.15, 0.2) is 24.3 Å². The van der Waals surface area contributed by atoms with Crippen LogP contribution in [0.3, 0.4) is 0 Å². The fourth-order valence-electron chi connectivity index (χ4n) is 1.73. The lowest BCUT2D eigenvalue weighted by Gasteiger charge is -2.15. The summed E-state index contributed by atoms with van der Waals surface area (Å²) in [5, 5.41) is 0. The maximum atomic E-state index is 12.3. The van der Waals surface area contributed by atoms with Gasteiger partial charge in [-0.05, 0) is 6.07 Å². The number of hydrogen-bond acceptors (Lipinski definition) is 3. The van der Waals surface area contributed by atoms with Gasteiger partial charge in [-0.15, -0.1) is 8.42 Å². The Balaban J connectivity index is 2.46. The Bertz CT molecular complexity index is 572. The highest BCUT2D eigenvalue weighted by Crippen LogP contribution is 2.35. The zero-order chi connectivity index (χ0) is 12.6. The van der Waals surface area contributed by atoms with Gasteiger partial charge in [0.2, 0.25) is 12.4 Å². The van der Waals surface area contributed by atoms with Crippen molar-refractivity contribution < 1.29 is 25.5 Å². The first kappa shape index (κ1) is 11.9. The van der Waals surface area contributed by atoms with Crippen molar-refractivity contribution in [3.05, 3.63) is 24.3 Å². The third kappa shape index (κ3) is 2.41. The molecule has 0 aromatic heterocycles. The quantitative estimate of drug-likeness (QED) is 0.726. The zero-order valence-electron chi connectivity index (χ0n) is 8.48. The predicted octanol–water partition coefficient (Wildman–Crippen LogP) is 1.73. The minimum Gasteiger partial charge on any atom is -0.300 e. The summed E-state index contributed by atoms with van der Waals surface area (Å²) >= 11 is 0. The van der Waals surface area contributed by atoms with Crippen LogP contribution in [0.4, 0.5) is 24.5 Å². The second kappa shape index (κ2) is 4.02. The van der Waals surface area contributed by atoms with Crippen LogP contribution in [0, 0.1) is 0 Å². The molecular formula is C9H8F3N2O2S+. The van der Waals surface area contributed by atoms with Crippen molar-refractivity contribution in [2.45, 2.75) is 6.18 Å². The monoisotopic (exact) mass is 265 g/mol. The molecule has 8 heteroatoms. The van der Waals surface area contributed by atoms with Crippen LogP contribution in [0.2, 0.25) is 0 Å². The van der Waals surface area contributed by atoms with Gasteiger partial charge in [-0.2, -0.15) is 13.2 Å². The van der Waals surface area contributed by atoms with Crippen molar-refractivity contribution in [1.82, 2.24) is 0 Å². The lowest BCUT2D eigenvalue weighted by molar-refractivity contribution is -0.403. The molecule has 0 saturated heterocycles. The average Bonchev–Trinajstić information content (AvgIpc) is 2.55. The number of benzene rings is 1. The Morgan fingerprint density at radius 2 is 1.94 bits per heavy atom. The fraction of sp³-hybridized carbons (Fsp3) is 0.333. The highest BCUT2D eigenvalue weighted by molar-refractivity contribution is 7.59. The molecule has 0 amide bonds. The van der Waals surface area contributed by atoms with Gasteiger partial charge in [0.05, 0.1) is 0 Å². The molecule has 0 atom stereocenters. The standard InChI is InChI=1S/C9H8F3N2O2S/c10-9(11,12)5-13-6-14(17(15)16)8-4-2-1-3-7(8)13/h1-4H,5-6H2/q+1. The lowest BCUT2D eigenvalue weighted by atomic mass is 10.2. The summed E-state index contributed by atoms with van der Waals surface area (Å²) in [4.78, 5) is 0.977. The summed E-state index contributed by atoms with van der Waals surface area (Å²) in [6.45, 7) is -1.48. The van der Waals surface area contributed by atoms with Crippen molar-refractivity contribution >= 4 is 21.9 Å². The van der Waals surface area contributed by atoms with E-state index in [2.05, 4.69) is 0 Å². The second-order valence-electron chi connectivity index (χ2n) is 3.54. The van der Waals surface area contributed by atoms with E-state index in [9.17, 15) is 21.6 Å². The second-order valence-corrected chi connectivity index (χ2v) is 4.41. The largest absolute Gasteiger partial charge is 0.466 e. The first-order valence-electron chi connectivity index (χ1n) is 4.66. The van der Waals surface area contributed by atoms with Crippen LogP contribution >= 0.6 is 0 Å². The SMILES string of the molecule is O=S(=O)=[N+]1CN(CC(F)(F)F)c2ccccc21. The van der Waals surface area contributed by atoms with Gasteiger partial charge in [-0.25, -0.2) is 0 Å². The Kier molecular flexibility index (Phi) is 2.82. The third-order valence-electron chi connectivity index (χ3n) is 2.34. The highest BCUT2D eigenvalue weighted by atomic mass is 32.2. The summed E-state index contributed by atoms with van der Waals surface area (Å²) in [6, 6.07) is 6.09. The van der Waals surface area contributed by atoms with E-state index >= 15 is 0 Å². The van der Waals surface area contributed by atoms with E-state index in [1.54, 1.807) is 12.1 Å². The van der Waals surface area contributed by atoms with Gasteiger partial charge < -0.3 is 4.90 Å². The molecule has 0 radical (unpaired) electrons. The highest BCUT2D eigenvalue weighted by Gasteiger charge is 2.39. The topological polar surface area (TPSA) is 40.4 Å². The van der Waals surface area contributed by atoms with Crippen LogP contribution in [0.5, 0.6) is 0 Å². The first-order valence-corrected chi connectivity index (χ1v) is 5.69. The molecule has 92 valence electrons. The summed E-state index contributed by atoms with van der Waals surface area (Å²) in [7, 11) is -2.58. The number of nitrogens with zero attached hydrogens (tertiary/aromatic N) is 2. The molecule has 1 aromatic carbocycles. The number of fused-ring (bicyclic) bond motifs is 1. The Morgan fingerprint density at radius 1 is 1.29 bits per heavy atom. The maximum Gasteiger partial charge on any atom is 0.466 e. The Morgan fingerprint density at radius 3 is 2.53 bits per heavy atom. The van der Waals surface area contributed by atoms with Gasteiger partial charge in [-0.1, -0.05) is 16.1 Å². The molecule has 0 spiro atoms. The van der Waals surface area contributed by atoms with Gasteiger partial charge >= 0.3 is 16.7 Å².